The van der Waals surface area contributed by atoms with Crippen LogP contribution in [0.25, 0.3) is 0 Å². The Morgan fingerprint density at radius 2 is 1.45 bits per heavy atom. The maximum Gasteiger partial charge on any atom is 0.308 e. The van der Waals surface area contributed by atoms with Crippen LogP contribution < -0.4 is 4.74 Å². The highest BCUT2D eigenvalue weighted by atomic mass is 16.5. The van der Waals surface area contributed by atoms with Crippen molar-refractivity contribution >= 4 is 11.8 Å². The van der Waals surface area contributed by atoms with Gasteiger partial charge in [-0.25, -0.2) is 0 Å². The summed E-state index contributed by atoms with van der Waals surface area (Å²) in [6, 6.07) is 12.4. The minimum absolute atomic E-state index is 0.0185. The molecule has 0 amide bonds. The van der Waals surface area contributed by atoms with Gasteiger partial charge in [0, 0.05) is 18.1 Å². The number of esters is 1. The van der Waals surface area contributed by atoms with Gasteiger partial charge in [0.15, 0.2) is 5.78 Å². The minimum atomic E-state index is -0.376. The zero-order valence-electron chi connectivity index (χ0n) is 11.8. The number of rotatable bonds is 3. The molecule has 0 N–H and O–H groups in total. The van der Waals surface area contributed by atoms with E-state index >= 15 is 0 Å². The molecule has 2 aromatic carbocycles. The van der Waals surface area contributed by atoms with E-state index in [2.05, 4.69) is 0 Å². The Morgan fingerprint density at radius 3 is 1.95 bits per heavy atom. The zero-order valence-corrected chi connectivity index (χ0v) is 11.8. The second-order valence-corrected chi connectivity index (χ2v) is 4.71. The number of ether oxygens (including phenoxy) is 1. The zero-order chi connectivity index (χ0) is 14.7. The molecule has 0 aliphatic carbocycles. The van der Waals surface area contributed by atoms with E-state index in [1.165, 1.54) is 6.92 Å². The van der Waals surface area contributed by atoms with Crippen molar-refractivity contribution in [2.45, 2.75) is 20.8 Å². The van der Waals surface area contributed by atoms with E-state index in [0.717, 1.165) is 16.7 Å². The molecule has 0 fully saturated rings. The van der Waals surface area contributed by atoms with Gasteiger partial charge in [0.05, 0.1) is 0 Å². The first-order valence-electron chi connectivity index (χ1n) is 6.38. The van der Waals surface area contributed by atoms with Crippen molar-refractivity contribution in [3.05, 3.63) is 64.7 Å². The molecule has 3 nitrogen and oxygen atoms in total. The Labute approximate surface area is 118 Å². The quantitative estimate of drug-likeness (QED) is 0.486. The van der Waals surface area contributed by atoms with Crippen molar-refractivity contribution in [1.82, 2.24) is 0 Å². The fourth-order valence-electron chi connectivity index (χ4n) is 2.16. The summed E-state index contributed by atoms with van der Waals surface area (Å²) in [6.07, 6.45) is 0. The summed E-state index contributed by atoms with van der Waals surface area (Å²) in [7, 11) is 0. The van der Waals surface area contributed by atoms with E-state index in [4.69, 9.17) is 4.74 Å². The molecule has 20 heavy (non-hydrogen) atoms. The normalized spacial score (nSPS) is 10.2. The third kappa shape index (κ3) is 2.94. The lowest BCUT2D eigenvalue weighted by Gasteiger charge is -2.09. The van der Waals surface area contributed by atoms with Crippen LogP contribution in [-0.4, -0.2) is 11.8 Å². The van der Waals surface area contributed by atoms with Crippen LogP contribution in [0.3, 0.4) is 0 Å². The topological polar surface area (TPSA) is 43.4 Å². The first kappa shape index (κ1) is 14.0. The number of hydrogen-bond donors (Lipinski definition) is 0. The molecule has 0 bridgehead atoms. The maximum absolute atomic E-state index is 12.5. The lowest BCUT2D eigenvalue weighted by atomic mass is 9.95. The summed E-state index contributed by atoms with van der Waals surface area (Å²) < 4.78 is 4.95. The van der Waals surface area contributed by atoms with Crippen LogP contribution in [0, 0.1) is 13.8 Å². The van der Waals surface area contributed by atoms with Gasteiger partial charge in [-0.15, -0.1) is 0 Å². The predicted octanol–water partition coefficient (Wildman–Crippen LogP) is 3.46. The van der Waals surface area contributed by atoms with Crippen LogP contribution in [0.4, 0.5) is 0 Å². The highest BCUT2D eigenvalue weighted by Gasteiger charge is 2.14. The number of carbonyl (C=O) groups is 2. The van der Waals surface area contributed by atoms with Crippen molar-refractivity contribution in [3.8, 4) is 5.75 Å². The van der Waals surface area contributed by atoms with Gasteiger partial charge >= 0.3 is 5.97 Å². The molecule has 3 heteroatoms. The molecular formula is C17H16O3. The fraction of sp³-hybridized carbons (Fsp3) is 0.176. The van der Waals surface area contributed by atoms with E-state index in [1.807, 2.05) is 32.0 Å². The second-order valence-electron chi connectivity index (χ2n) is 4.71. The molecule has 0 saturated heterocycles. The van der Waals surface area contributed by atoms with E-state index in [1.54, 1.807) is 24.3 Å². The second kappa shape index (κ2) is 5.70. The standard InChI is InChI=1S/C17H16O3/c1-11-5-4-6-12(2)16(11)17(19)14-7-9-15(10-8-14)20-13(3)18/h4-10H,1-3H3. The molecule has 102 valence electrons. The van der Waals surface area contributed by atoms with Crippen LogP contribution in [-0.2, 0) is 4.79 Å². The van der Waals surface area contributed by atoms with Crippen molar-refractivity contribution in [2.75, 3.05) is 0 Å². The molecule has 0 aliphatic rings. The first-order valence-corrected chi connectivity index (χ1v) is 6.38. The summed E-state index contributed by atoms with van der Waals surface area (Å²) in [5.74, 6) is 0.0457. The third-order valence-corrected chi connectivity index (χ3v) is 3.09. The molecular weight excluding hydrogens is 252 g/mol. The van der Waals surface area contributed by atoms with Crippen molar-refractivity contribution < 1.29 is 14.3 Å². The first-order chi connectivity index (χ1) is 9.49. The van der Waals surface area contributed by atoms with Crippen molar-refractivity contribution in [2.24, 2.45) is 0 Å². The number of carbonyl (C=O) groups excluding carboxylic acids is 2. The predicted molar refractivity (Wildman–Crippen MR) is 77.1 cm³/mol. The summed E-state index contributed by atoms with van der Waals surface area (Å²) in [6.45, 7) is 5.19. The van der Waals surface area contributed by atoms with Gasteiger partial charge in [-0.2, -0.15) is 0 Å². The fourth-order valence-corrected chi connectivity index (χ4v) is 2.16. The van der Waals surface area contributed by atoms with Crippen molar-refractivity contribution in [3.63, 3.8) is 0 Å². The summed E-state index contributed by atoms with van der Waals surface area (Å²) in [5, 5.41) is 0. The lowest BCUT2D eigenvalue weighted by molar-refractivity contribution is -0.131. The minimum Gasteiger partial charge on any atom is -0.427 e. The highest BCUT2D eigenvalue weighted by Crippen LogP contribution is 2.20. The monoisotopic (exact) mass is 268 g/mol. The Balaban J connectivity index is 2.32. The molecule has 0 aromatic heterocycles. The SMILES string of the molecule is CC(=O)Oc1ccc(C(=O)c2c(C)cccc2C)cc1. The van der Waals surface area contributed by atoms with Gasteiger partial charge in [-0.05, 0) is 49.2 Å². The van der Waals surface area contributed by atoms with Gasteiger partial charge in [0.2, 0.25) is 0 Å². The van der Waals surface area contributed by atoms with Gasteiger partial charge in [-0.1, -0.05) is 18.2 Å². The number of ketones is 1. The van der Waals surface area contributed by atoms with Gasteiger partial charge in [-0.3, -0.25) is 9.59 Å². The maximum atomic E-state index is 12.5. The van der Waals surface area contributed by atoms with E-state index in [9.17, 15) is 9.59 Å². The van der Waals surface area contributed by atoms with Crippen LogP contribution in [0.15, 0.2) is 42.5 Å². The molecule has 0 aliphatic heterocycles. The van der Waals surface area contributed by atoms with Crippen LogP contribution in [0.5, 0.6) is 5.75 Å². The van der Waals surface area contributed by atoms with Gasteiger partial charge in [0.25, 0.3) is 0 Å². The Bertz CT molecular complexity index is 634. The van der Waals surface area contributed by atoms with E-state index in [-0.39, 0.29) is 11.8 Å². The lowest BCUT2D eigenvalue weighted by Crippen LogP contribution is -2.06. The van der Waals surface area contributed by atoms with Crippen LogP contribution >= 0.6 is 0 Å². The number of benzene rings is 2. The average Bonchev–Trinajstić information content (AvgIpc) is 2.38. The Kier molecular flexibility index (Phi) is 3.99. The van der Waals surface area contributed by atoms with Crippen LogP contribution in [0.1, 0.15) is 34.0 Å². The Hall–Kier alpha value is -2.42. The van der Waals surface area contributed by atoms with Gasteiger partial charge in [0.1, 0.15) is 5.75 Å². The summed E-state index contributed by atoms with van der Waals surface area (Å²) in [5.41, 5.74) is 3.23. The smallest absolute Gasteiger partial charge is 0.308 e. The summed E-state index contributed by atoms with van der Waals surface area (Å²) >= 11 is 0. The average molecular weight is 268 g/mol. The molecule has 2 rings (SSSR count). The molecule has 2 aromatic rings. The number of aryl methyl sites for hydroxylation is 2. The molecule has 0 heterocycles. The Morgan fingerprint density at radius 1 is 0.900 bits per heavy atom. The molecule has 0 saturated carbocycles. The van der Waals surface area contributed by atoms with Crippen molar-refractivity contribution in [1.29, 1.82) is 0 Å². The van der Waals surface area contributed by atoms with Gasteiger partial charge < -0.3 is 4.74 Å². The number of hydrogen-bond acceptors (Lipinski definition) is 3. The molecule has 0 atom stereocenters. The van der Waals surface area contributed by atoms with E-state index in [0.29, 0.717) is 11.3 Å². The third-order valence-electron chi connectivity index (χ3n) is 3.09. The summed E-state index contributed by atoms with van der Waals surface area (Å²) in [4.78, 5) is 23.4. The highest BCUT2D eigenvalue weighted by molar-refractivity contribution is 6.10. The van der Waals surface area contributed by atoms with E-state index < -0.39 is 0 Å². The largest absolute Gasteiger partial charge is 0.427 e. The molecule has 0 unspecified atom stereocenters. The van der Waals surface area contributed by atoms with Crippen LogP contribution in [0.2, 0.25) is 0 Å². The molecule has 0 spiro atoms. The molecule has 0 radical (unpaired) electrons.